The van der Waals surface area contributed by atoms with Gasteiger partial charge in [-0.05, 0) is 40.8 Å². The first kappa shape index (κ1) is 14.3. The van der Waals surface area contributed by atoms with Crippen LogP contribution in [-0.2, 0) is 0 Å². The van der Waals surface area contributed by atoms with Gasteiger partial charge in [0.25, 0.3) is 11.6 Å². The van der Waals surface area contributed by atoms with E-state index in [1.165, 1.54) is 24.4 Å². The van der Waals surface area contributed by atoms with E-state index < -0.39 is 10.8 Å². The summed E-state index contributed by atoms with van der Waals surface area (Å²) in [6.07, 6.45) is 2.99. The van der Waals surface area contributed by atoms with E-state index in [1.54, 1.807) is 18.3 Å². The van der Waals surface area contributed by atoms with Gasteiger partial charge in [-0.3, -0.25) is 19.9 Å². The fourth-order valence-electron chi connectivity index (χ4n) is 1.53. The molecule has 2 aromatic rings. The minimum atomic E-state index is -0.558. The number of nitro benzene ring substituents is 1. The molecule has 20 heavy (non-hydrogen) atoms. The number of nitrogens with zero attached hydrogens (tertiary/aromatic N) is 3. The molecule has 1 aromatic heterocycles. The number of rotatable bonds is 3. The van der Waals surface area contributed by atoms with Crippen LogP contribution < -0.4 is 10.9 Å². The van der Waals surface area contributed by atoms with Crippen molar-refractivity contribution in [1.82, 2.24) is 4.98 Å². The van der Waals surface area contributed by atoms with Gasteiger partial charge in [-0.25, -0.2) is 10.9 Å². The van der Waals surface area contributed by atoms with Crippen molar-refractivity contribution in [3.63, 3.8) is 0 Å². The highest BCUT2D eigenvalue weighted by molar-refractivity contribution is 14.1. The third-order valence-electron chi connectivity index (χ3n) is 2.53. The Hall–Kier alpha value is -2.07. The topological polar surface area (TPSA) is 102 Å². The van der Waals surface area contributed by atoms with Crippen LogP contribution in [0.2, 0.25) is 0 Å². The summed E-state index contributed by atoms with van der Waals surface area (Å²) in [5, 5.41) is 11.7. The van der Waals surface area contributed by atoms with Crippen molar-refractivity contribution < 1.29 is 9.72 Å². The highest BCUT2D eigenvalue weighted by atomic mass is 127. The number of anilines is 1. The van der Waals surface area contributed by atoms with Gasteiger partial charge >= 0.3 is 0 Å². The molecule has 1 heterocycles. The van der Waals surface area contributed by atoms with Crippen molar-refractivity contribution in [1.29, 1.82) is 0 Å². The predicted octanol–water partition coefficient (Wildman–Crippen LogP) is 2.11. The number of amides is 1. The number of benzene rings is 1. The number of hydrogen-bond acceptors (Lipinski definition) is 5. The summed E-state index contributed by atoms with van der Waals surface area (Å²) >= 11 is 1.93. The molecule has 2 N–H and O–H groups in total. The SMILES string of the molecule is NN(C(=O)c1cc([N+](=O)[O-])ccc1I)c1cccnc1. The summed E-state index contributed by atoms with van der Waals surface area (Å²) in [6, 6.07) is 7.31. The first-order valence-electron chi connectivity index (χ1n) is 5.44. The number of aromatic nitrogens is 1. The maximum atomic E-state index is 12.3. The van der Waals surface area contributed by atoms with E-state index in [-0.39, 0.29) is 11.3 Å². The van der Waals surface area contributed by atoms with Gasteiger partial charge < -0.3 is 0 Å². The molecule has 2 rings (SSSR count). The number of carbonyl (C=O) groups is 1. The van der Waals surface area contributed by atoms with Crippen molar-refractivity contribution in [2.24, 2.45) is 5.84 Å². The van der Waals surface area contributed by atoms with Crippen LogP contribution in [0, 0.1) is 13.7 Å². The highest BCUT2D eigenvalue weighted by Gasteiger charge is 2.20. The van der Waals surface area contributed by atoms with E-state index >= 15 is 0 Å². The van der Waals surface area contributed by atoms with Crippen LogP contribution >= 0.6 is 22.6 Å². The number of hydrogen-bond donors (Lipinski definition) is 1. The fraction of sp³-hybridized carbons (Fsp3) is 0. The number of non-ortho nitro benzene ring substituents is 1. The Balaban J connectivity index is 2.38. The van der Waals surface area contributed by atoms with Gasteiger partial charge in [0.15, 0.2) is 0 Å². The van der Waals surface area contributed by atoms with Gasteiger partial charge in [0.1, 0.15) is 0 Å². The number of nitro groups is 1. The molecule has 0 aliphatic rings. The van der Waals surface area contributed by atoms with Crippen LogP contribution in [0.3, 0.4) is 0 Å². The zero-order valence-electron chi connectivity index (χ0n) is 10.1. The minimum absolute atomic E-state index is 0.159. The zero-order valence-corrected chi connectivity index (χ0v) is 12.2. The molecule has 0 bridgehead atoms. The molecule has 0 aliphatic heterocycles. The van der Waals surface area contributed by atoms with Crippen molar-refractivity contribution >= 4 is 39.9 Å². The van der Waals surface area contributed by atoms with E-state index in [9.17, 15) is 14.9 Å². The maximum Gasteiger partial charge on any atom is 0.273 e. The molecule has 102 valence electrons. The van der Waals surface area contributed by atoms with Crippen molar-refractivity contribution in [2.45, 2.75) is 0 Å². The van der Waals surface area contributed by atoms with Gasteiger partial charge in [-0.2, -0.15) is 0 Å². The van der Waals surface area contributed by atoms with Crippen LogP contribution in [0.1, 0.15) is 10.4 Å². The average Bonchev–Trinajstić information content (AvgIpc) is 2.47. The molecule has 8 heteroatoms. The number of pyridine rings is 1. The Kier molecular flexibility index (Phi) is 4.25. The van der Waals surface area contributed by atoms with Crippen LogP contribution in [0.25, 0.3) is 0 Å². The second-order valence-corrected chi connectivity index (χ2v) is 4.97. The largest absolute Gasteiger partial charge is 0.273 e. The van der Waals surface area contributed by atoms with Gasteiger partial charge in [0.2, 0.25) is 0 Å². The van der Waals surface area contributed by atoms with E-state index in [0.29, 0.717) is 9.26 Å². The second kappa shape index (κ2) is 5.92. The summed E-state index contributed by atoms with van der Waals surface area (Å²) in [4.78, 5) is 26.4. The third kappa shape index (κ3) is 2.91. The Morgan fingerprint density at radius 3 is 2.75 bits per heavy atom. The van der Waals surface area contributed by atoms with Crippen molar-refractivity contribution in [3.05, 3.63) is 62.0 Å². The minimum Gasteiger partial charge on any atom is -0.267 e. The van der Waals surface area contributed by atoms with Gasteiger partial charge in [0, 0.05) is 21.9 Å². The van der Waals surface area contributed by atoms with Crippen molar-refractivity contribution in [3.8, 4) is 0 Å². The molecule has 0 spiro atoms. The van der Waals surface area contributed by atoms with E-state index in [1.807, 2.05) is 22.6 Å². The zero-order chi connectivity index (χ0) is 14.7. The number of nitrogens with two attached hydrogens (primary N) is 1. The standard InChI is InChI=1S/C12H9IN4O3/c13-11-4-3-8(17(19)20)6-10(11)12(18)16(14)9-2-1-5-15-7-9/h1-7H,14H2. The molecular formula is C12H9IN4O3. The summed E-state index contributed by atoms with van der Waals surface area (Å²) in [7, 11) is 0. The van der Waals surface area contributed by atoms with Crippen molar-refractivity contribution in [2.75, 3.05) is 5.01 Å². The first-order valence-corrected chi connectivity index (χ1v) is 6.51. The molecule has 0 saturated heterocycles. The van der Waals surface area contributed by atoms with E-state index in [0.717, 1.165) is 5.01 Å². The Bertz CT molecular complexity index is 663. The van der Waals surface area contributed by atoms with Crippen LogP contribution in [0.4, 0.5) is 11.4 Å². The molecule has 0 aliphatic carbocycles. The summed E-state index contributed by atoms with van der Waals surface area (Å²) in [5.41, 5.74) is 0.416. The monoisotopic (exact) mass is 384 g/mol. The Morgan fingerprint density at radius 1 is 1.40 bits per heavy atom. The lowest BCUT2D eigenvalue weighted by Crippen LogP contribution is -2.38. The smallest absolute Gasteiger partial charge is 0.267 e. The quantitative estimate of drug-likeness (QED) is 0.287. The molecule has 7 nitrogen and oxygen atoms in total. The third-order valence-corrected chi connectivity index (χ3v) is 3.47. The molecular weight excluding hydrogens is 375 g/mol. The molecule has 0 fully saturated rings. The molecule has 1 amide bonds. The molecule has 1 aromatic carbocycles. The lowest BCUT2D eigenvalue weighted by atomic mass is 10.2. The molecule has 0 atom stereocenters. The molecule has 0 unspecified atom stereocenters. The van der Waals surface area contributed by atoms with Crippen LogP contribution in [-0.4, -0.2) is 15.8 Å². The summed E-state index contributed by atoms with van der Waals surface area (Å²) in [6.45, 7) is 0. The fourth-order valence-corrected chi connectivity index (χ4v) is 2.10. The Labute approximate surface area is 127 Å². The second-order valence-electron chi connectivity index (χ2n) is 3.81. The number of carbonyl (C=O) groups excluding carboxylic acids is 1. The summed E-state index contributed by atoms with van der Waals surface area (Å²) < 4.78 is 0.581. The average molecular weight is 384 g/mol. The van der Waals surface area contributed by atoms with Crippen LogP contribution in [0.5, 0.6) is 0 Å². The van der Waals surface area contributed by atoms with Crippen LogP contribution in [0.15, 0.2) is 42.7 Å². The predicted molar refractivity (Wildman–Crippen MR) is 81.0 cm³/mol. The lowest BCUT2D eigenvalue weighted by Gasteiger charge is -2.16. The van der Waals surface area contributed by atoms with Gasteiger partial charge in [0.05, 0.1) is 22.4 Å². The van der Waals surface area contributed by atoms with Gasteiger partial charge in [-0.15, -0.1) is 0 Å². The van der Waals surface area contributed by atoms with Gasteiger partial charge in [-0.1, -0.05) is 0 Å². The first-order chi connectivity index (χ1) is 9.50. The summed E-state index contributed by atoms with van der Waals surface area (Å²) in [5.74, 6) is 5.20. The molecule has 0 radical (unpaired) electrons. The van der Waals surface area contributed by atoms with E-state index in [4.69, 9.17) is 5.84 Å². The molecule has 0 saturated carbocycles. The number of hydrazine groups is 1. The maximum absolute atomic E-state index is 12.3. The number of halogens is 1. The Morgan fingerprint density at radius 2 is 2.15 bits per heavy atom. The lowest BCUT2D eigenvalue weighted by molar-refractivity contribution is -0.384. The highest BCUT2D eigenvalue weighted by Crippen LogP contribution is 2.22. The van der Waals surface area contributed by atoms with E-state index in [2.05, 4.69) is 4.98 Å². The normalized spacial score (nSPS) is 10.1.